The predicted molar refractivity (Wildman–Crippen MR) is 97.4 cm³/mol. The van der Waals surface area contributed by atoms with Crippen LogP contribution < -0.4 is 5.32 Å². The second-order valence-electron chi connectivity index (χ2n) is 5.55. The quantitative estimate of drug-likeness (QED) is 0.734. The Labute approximate surface area is 151 Å². The molecule has 0 aliphatic rings. The van der Waals surface area contributed by atoms with Crippen LogP contribution in [-0.2, 0) is 16.4 Å². The molecule has 0 aliphatic heterocycles. The van der Waals surface area contributed by atoms with E-state index in [0.29, 0.717) is 17.4 Å². The third-order valence-electron chi connectivity index (χ3n) is 3.63. The van der Waals surface area contributed by atoms with Crippen molar-refractivity contribution in [1.82, 2.24) is 10.2 Å². The van der Waals surface area contributed by atoms with Gasteiger partial charge in [0.05, 0.1) is 4.90 Å². The van der Waals surface area contributed by atoms with E-state index in [1.165, 1.54) is 35.9 Å². The molecule has 3 aromatic rings. The Morgan fingerprint density at radius 3 is 2.20 bits per heavy atom. The Morgan fingerprint density at radius 1 is 0.920 bits per heavy atom. The van der Waals surface area contributed by atoms with Gasteiger partial charge < -0.3 is 5.32 Å². The number of sulfone groups is 1. The highest BCUT2D eigenvalue weighted by molar-refractivity contribution is 7.91. The number of aryl methyl sites for hydroxylation is 1. The van der Waals surface area contributed by atoms with Crippen molar-refractivity contribution in [3.8, 4) is 0 Å². The number of aromatic nitrogens is 2. The van der Waals surface area contributed by atoms with E-state index >= 15 is 0 Å². The molecule has 1 aromatic heterocycles. The van der Waals surface area contributed by atoms with E-state index in [0.717, 1.165) is 5.56 Å². The van der Waals surface area contributed by atoms with Crippen molar-refractivity contribution in [3.05, 3.63) is 76.8 Å². The van der Waals surface area contributed by atoms with Crippen LogP contribution in [-0.4, -0.2) is 18.6 Å². The molecule has 0 amide bonds. The minimum atomic E-state index is -3.70. The number of hydrogen-bond donors (Lipinski definition) is 1. The highest BCUT2D eigenvalue weighted by Gasteiger charge is 2.19. The molecule has 1 N–H and O–H groups in total. The predicted octanol–water partition coefficient (Wildman–Crippen LogP) is 3.88. The summed E-state index contributed by atoms with van der Waals surface area (Å²) in [6.45, 7) is 2.61. The van der Waals surface area contributed by atoms with Gasteiger partial charge in [0.2, 0.25) is 9.84 Å². The lowest BCUT2D eigenvalue weighted by atomic mass is 10.1. The van der Waals surface area contributed by atoms with Crippen LogP contribution in [0, 0.1) is 6.92 Å². The number of hydrogen-bond acceptors (Lipinski definition) is 5. The van der Waals surface area contributed by atoms with Crippen LogP contribution >= 0.6 is 11.6 Å². The largest absolute Gasteiger partial charge is 0.365 e. The first kappa shape index (κ1) is 17.4. The second-order valence-corrected chi connectivity index (χ2v) is 7.89. The fraction of sp³-hybridized carbons (Fsp3) is 0.111. The first-order valence-electron chi connectivity index (χ1n) is 7.59. The van der Waals surface area contributed by atoms with E-state index in [1.807, 2.05) is 31.2 Å². The first-order chi connectivity index (χ1) is 11.9. The molecule has 25 heavy (non-hydrogen) atoms. The van der Waals surface area contributed by atoms with Gasteiger partial charge in [0, 0.05) is 11.6 Å². The van der Waals surface area contributed by atoms with Crippen molar-refractivity contribution >= 4 is 27.3 Å². The maximum Gasteiger partial charge on any atom is 0.225 e. The van der Waals surface area contributed by atoms with E-state index in [4.69, 9.17) is 11.6 Å². The standard InChI is InChI=1S/C18H16ClN3O2S/c1-13-2-4-14(5-3-13)12-20-17-10-11-18(22-21-17)25(23,24)16-8-6-15(19)7-9-16/h2-11H,12H2,1H3,(H,20,21). The van der Waals surface area contributed by atoms with Crippen molar-refractivity contribution in [1.29, 1.82) is 0 Å². The van der Waals surface area contributed by atoms with E-state index in [9.17, 15) is 8.42 Å². The van der Waals surface area contributed by atoms with Crippen molar-refractivity contribution in [2.45, 2.75) is 23.4 Å². The van der Waals surface area contributed by atoms with Gasteiger partial charge in [-0.2, -0.15) is 0 Å². The van der Waals surface area contributed by atoms with Gasteiger partial charge in [-0.05, 0) is 48.9 Å². The maximum atomic E-state index is 12.5. The van der Waals surface area contributed by atoms with Crippen LogP contribution in [0.25, 0.3) is 0 Å². The van der Waals surface area contributed by atoms with E-state index in [2.05, 4.69) is 15.5 Å². The monoisotopic (exact) mass is 373 g/mol. The van der Waals surface area contributed by atoms with Crippen LogP contribution in [0.4, 0.5) is 5.82 Å². The summed E-state index contributed by atoms with van der Waals surface area (Å²) in [4.78, 5) is 0.131. The van der Waals surface area contributed by atoms with E-state index < -0.39 is 9.84 Å². The second kappa shape index (κ2) is 7.21. The summed E-state index contributed by atoms with van der Waals surface area (Å²) >= 11 is 5.79. The van der Waals surface area contributed by atoms with Crippen LogP contribution in [0.3, 0.4) is 0 Å². The zero-order chi connectivity index (χ0) is 17.9. The molecular weight excluding hydrogens is 358 g/mol. The van der Waals surface area contributed by atoms with Crippen molar-refractivity contribution in [2.24, 2.45) is 0 Å². The molecule has 0 saturated carbocycles. The molecule has 0 saturated heterocycles. The summed E-state index contributed by atoms with van der Waals surface area (Å²) in [5.74, 6) is 0.510. The minimum absolute atomic E-state index is 0.101. The molecule has 0 atom stereocenters. The highest BCUT2D eigenvalue weighted by Crippen LogP contribution is 2.21. The summed E-state index contributed by atoms with van der Waals surface area (Å²) in [6, 6.07) is 17.1. The van der Waals surface area contributed by atoms with Gasteiger partial charge in [0.1, 0.15) is 5.82 Å². The molecule has 7 heteroatoms. The lowest BCUT2D eigenvalue weighted by Crippen LogP contribution is -2.08. The minimum Gasteiger partial charge on any atom is -0.365 e. The third-order valence-corrected chi connectivity index (χ3v) is 5.55. The topological polar surface area (TPSA) is 72.0 Å². The van der Waals surface area contributed by atoms with Gasteiger partial charge in [-0.1, -0.05) is 41.4 Å². The number of halogens is 1. The molecule has 128 valence electrons. The molecule has 0 bridgehead atoms. The van der Waals surface area contributed by atoms with Crippen LogP contribution in [0.5, 0.6) is 0 Å². The number of anilines is 1. The molecule has 0 aliphatic carbocycles. The van der Waals surface area contributed by atoms with Crippen LogP contribution in [0.2, 0.25) is 5.02 Å². The normalized spacial score (nSPS) is 11.3. The lowest BCUT2D eigenvalue weighted by molar-refractivity contribution is 0.590. The van der Waals surface area contributed by atoms with E-state index in [-0.39, 0.29) is 9.92 Å². The van der Waals surface area contributed by atoms with Gasteiger partial charge in [-0.3, -0.25) is 0 Å². The summed E-state index contributed by atoms with van der Waals surface area (Å²) < 4.78 is 25.0. The number of nitrogens with zero attached hydrogens (tertiary/aromatic N) is 2. The van der Waals surface area contributed by atoms with E-state index in [1.54, 1.807) is 6.07 Å². The SMILES string of the molecule is Cc1ccc(CNc2ccc(S(=O)(=O)c3ccc(Cl)cc3)nn2)cc1. The smallest absolute Gasteiger partial charge is 0.225 e. The summed E-state index contributed by atoms with van der Waals surface area (Å²) in [5.41, 5.74) is 2.30. The number of rotatable bonds is 5. The van der Waals surface area contributed by atoms with Crippen molar-refractivity contribution in [2.75, 3.05) is 5.32 Å². The molecule has 0 spiro atoms. The highest BCUT2D eigenvalue weighted by atomic mass is 35.5. The fourth-order valence-electron chi connectivity index (χ4n) is 2.19. The zero-order valence-electron chi connectivity index (χ0n) is 13.5. The van der Waals surface area contributed by atoms with Crippen LogP contribution in [0.15, 0.2) is 70.6 Å². The molecular formula is C18H16ClN3O2S. The third kappa shape index (κ3) is 4.15. The number of nitrogens with one attached hydrogen (secondary N) is 1. The molecule has 0 radical (unpaired) electrons. The maximum absolute atomic E-state index is 12.5. The van der Waals surface area contributed by atoms with Crippen molar-refractivity contribution < 1.29 is 8.42 Å². The van der Waals surface area contributed by atoms with Gasteiger partial charge in [-0.15, -0.1) is 10.2 Å². The molecule has 3 rings (SSSR count). The molecule has 2 aromatic carbocycles. The fourth-order valence-corrected chi connectivity index (χ4v) is 3.45. The van der Waals surface area contributed by atoms with Gasteiger partial charge in [0.15, 0.2) is 5.03 Å². The summed E-state index contributed by atoms with van der Waals surface area (Å²) in [5, 5.41) is 11.3. The Kier molecular flexibility index (Phi) is 5.01. The Morgan fingerprint density at radius 2 is 1.60 bits per heavy atom. The van der Waals surface area contributed by atoms with Crippen molar-refractivity contribution in [3.63, 3.8) is 0 Å². The molecule has 5 nitrogen and oxygen atoms in total. The van der Waals surface area contributed by atoms with Gasteiger partial charge in [0.25, 0.3) is 0 Å². The molecule has 0 unspecified atom stereocenters. The molecule has 0 fully saturated rings. The summed E-state index contributed by atoms with van der Waals surface area (Å²) in [7, 11) is -3.70. The first-order valence-corrected chi connectivity index (χ1v) is 9.45. The Hall–Kier alpha value is -2.44. The average Bonchev–Trinajstić information content (AvgIpc) is 2.62. The average molecular weight is 374 g/mol. The summed E-state index contributed by atoms with van der Waals surface area (Å²) in [6.07, 6.45) is 0. The zero-order valence-corrected chi connectivity index (χ0v) is 15.1. The molecule has 1 heterocycles. The van der Waals surface area contributed by atoms with Gasteiger partial charge >= 0.3 is 0 Å². The lowest BCUT2D eigenvalue weighted by Gasteiger charge is -2.07. The van der Waals surface area contributed by atoms with Gasteiger partial charge in [-0.25, -0.2) is 8.42 Å². The number of benzene rings is 2. The Bertz CT molecular complexity index is 955. The van der Waals surface area contributed by atoms with Crippen LogP contribution in [0.1, 0.15) is 11.1 Å². The Balaban J connectivity index is 1.73.